The molecule has 1 aromatic rings. The fourth-order valence-corrected chi connectivity index (χ4v) is 5.08. The van der Waals surface area contributed by atoms with E-state index in [0.29, 0.717) is 13.0 Å². The Labute approximate surface area is 134 Å². The molecule has 108 valence electrons. The maximum Gasteiger partial charge on any atom is 0.0394 e. The van der Waals surface area contributed by atoms with Crippen molar-refractivity contribution in [3.63, 3.8) is 0 Å². The summed E-state index contributed by atoms with van der Waals surface area (Å²) in [5.41, 5.74) is 2.19. The molecule has 2 fully saturated rings. The van der Waals surface area contributed by atoms with E-state index < -0.39 is 20.2 Å². The van der Waals surface area contributed by atoms with E-state index in [9.17, 15) is 0 Å². The molecular weight excluding hydrogens is 242 g/mol. The summed E-state index contributed by atoms with van der Waals surface area (Å²) < 4.78 is 63.1. The van der Waals surface area contributed by atoms with Gasteiger partial charge in [-0.15, -0.1) is 0 Å². The minimum absolute atomic E-state index is 0.0284. The van der Waals surface area contributed by atoms with Crippen LogP contribution in [0.1, 0.15) is 66.6 Å². The quantitative estimate of drug-likeness (QED) is 0.751. The summed E-state index contributed by atoms with van der Waals surface area (Å²) in [5.74, 6) is 0.233. The molecule has 0 amide bonds. The first-order chi connectivity index (χ1) is 12.9. The molecule has 1 saturated carbocycles. The molecule has 0 radical (unpaired) electrons. The highest BCUT2D eigenvalue weighted by Gasteiger charge is 2.52. The summed E-state index contributed by atoms with van der Waals surface area (Å²) in [6.45, 7) is -4.33. The second kappa shape index (κ2) is 4.59. The van der Waals surface area contributed by atoms with E-state index in [2.05, 4.69) is 0 Å². The molecule has 20 heavy (non-hydrogen) atoms. The summed E-state index contributed by atoms with van der Waals surface area (Å²) in [6.07, 6.45) is 3.08. The van der Waals surface area contributed by atoms with Crippen LogP contribution in [0.25, 0.3) is 0 Å². The van der Waals surface area contributed by atoms with Crippen LogP contribution in [0.5, 0.6) is 0 Å². The lowest BCUT2D eigenvalue weighted by Crippen LogP contribution is -2.59. The number of aryl methyl sites for hydroxylation is 1. The van der Waals surface area contributed by atoms with E-state index in [-0.39, 0.29) is 22.9 Å². The third-order valence-corrected chi connectivity index (χ3v) is 5.98. The lowest BCUT2D eigenvalue weighted by molar-refractivity contribution is 0.00282. The minimum atomic E-state index is -2.73. The van der Waals surface area contributed by atoms with Crippen molar-refractivity contribution in [2.24, 2.45) is 5.92 Å². The Morgan fingerprint density at radius 3 is 3.30 bits per heavy atom. The predicted molar refractivity (Wildman–Crippen MR) is 84.2 cm³/mol. The van der Waals surface area contributed by atoms with E-state index in [1.165, 1.54) is 0 Å². The van der Waals surface area contributed by atoms with Crippen LogP contribution in [0, 0.1) is 5.92 Å². The number of benzene rings is 1. The highest BCUT2D eigenvalue weighted by atomic mass is 15.1. The zero-order valence-corrected chi connectivity index (χ0v) is 11.8. The van der Waals surface area contributed by atoms with E-state index in [1.54, 1.807) is 17.0 Å². The van der Waals surface area contributed by atoms with Crippen LogP contribution in [0.3, 0.4) is 0 Å². The third kappa shape index (κ3) is 1.65. The number of nitrogens with zero attached hydrogens (tertiary/aromatic N) is 1. The highest BCUT2D eigenvalue weighted by Crippen LogP contribution is 2.55. The van der Waals surface area contributed by atoms with Crippen molar-refractivity contribution in [2.75, 3.05) is 13.5 Å². The Balaban J connectivity index is 1.83. The van der Waals surface area contributed by atoms with Gasteiger partial charge in [-0.3, -0.25) is 0 Å². The first-order valence-electron chi connectivity index (χ1n) is 11.8. The average molecular weight is 277 g/mol. The Hall–Kier alpha value is -0.820. The summed E-state index contributed by atoms with van der Waals surface area (Å²) >= 11 is 0. The Bertz CT molecular complexity index is 768. The zero-order chi connectivity index (χ0) is 20.5. The number of fused-ring (bicyclic) bond motifs is 1. The molecule has 3 aliphatic rings. The van der Waals surface area contributed by atoms with E-state index in [1.807, 2.05) is 6.07 Å². The molecule has 1 saturated heterocycles. The molecule has 0 N–H and O–H groups in total. The van der Waals surface area contributed by atoms with Crippen LogP contribution in [0.2, 0.25) is 0 Å². The van der Waals surface area contributed by atoms with Crippen LogP contribution in [-0.2, 0) is 18.2 Å². The monoisotopic (exact) mass is 277 g/mol. The SMILES string of the molecule is [2H]C([2H])([2H])N1CC[C@@]23CCCC[C@@H]2[C@@H]1Cc1ccc(C([2H])([2H])C([2H])([2H])[2H])cc13. The van der Waals surface area contributed by atoms with E-state index >= 15 is 0 Å². The topological polar surface area (TPSA) is 3.24 Å². The zero-order valence-electron chi connectivity index (χ0n) is 19.8. The molecular formula is C19H27N. The fourth-order valence-electron chi connectivity index (χ4n) is 5.08. The van der Waals surface area contributed by atoms with Crippen molar-refractivity contribution in [1.29, 1.82) is 0 Å². The molecule has 4 rings (SSSR count). The largest absolute Gasteiger partial charge is 0.303 e. The molecule has 1 nitrogen and oxygen atoms in total. The summed E-state index contributed by atoms with van der Waals surface area (Å²) in [7, 11) is 0. The van der Waals surface area contributed by atoms with Gasteiger partial charge in [-0.2, -0.15) is 0 Å². The van der Waals surface area contributed by atoms with Crippen LogP contribution in [-0.4, -0.2) is 24.5 Å². The van der Waals surface area contributed by atoms with Crippen molar-refractivity contribution in [1.82, 2.24) is 4.90 Å². The van der Waals surface area contributed by atoms with Gasteiger partial charge in [0, 0.05) is 22.4 Å². The van der Waals surface area contributed by atoms with Crippen molar-refractivity contribution in [3.05, 3.63) is 34.9 Å². The second-order valence-electron chi connectivity index (χ2n) is 6.72. The standard InChI is InChI=1S/C19H27N/c1-3-14-7-8-15-13-18-16-6-4-5-9-19(16,17(15)12-14)10-11-20(18)2/h7-8,12,16,18H,3-6,9-11,13H2,1-2H3/t16-,18+,19+/m1/s1/i1D3,2D3,3D2. The number of likely N-dealkylation sites (tertiary alicyclic amines) is 1. The first kappa shape index (κ1) is 6.96. The van der Waals surface area contributed by atoms with Gasteiger partial charge >= 0.3 is 0 Å². The van der Waals surface area contributed by atoms with Crippen LogP contribution < -0.4 is 0 Å². The Morgan fingerprint density at radius 2 is 2.40 bits per heavy atom. The van der Waals surface area contributed by atoms with Crippen LogP contribution in [0.4, 0.5) is 0 Å². The summed E-state index contributed by atoms with van der Waals surface area (Å²) in [6, 6.07) is 5.19. The normalized spacial score (nSPS) is 44.2. The van der Waals surface area contributed by atoms with Gasteiger partial charge in [0.1, 0.15) is 0 Å². The van der Waals surface area contributed by atoms with Gasteiger partial charge in [0.2, 0.25) is 0 Å². The maximum atomic E-state index is 8.18. The number of likely N-dealkylation sites (N-methyl/N-ethyl adjacent to an activating group) is 1. The first-order valence-corrected chi connectivity index (χ1v) is 7.79. The predicted octanol–water partition coefficient (Wildman–Crippen LogP) is 3.94. The average Bonchev–Trinajstić information content (AvgIpc) is 2.59. The van der Waals surface area contributed by atoms with Gasteiger partial charge in [-0.25, -0.2) is 0 Å². The van der Waals surface area contributed by atoms with Crippen molar-refractivity contribution in [3.8, 4) is 0 Å². The molecule has 2 bridgehead atoms. The second-order valence-corrected chi connectivity index (χ2v) is 6.72. The van der Waals surface area contributed by atoms with E-state index in [0.717, 1.165) is 43.2 Å². The third-order valence-electron chi connectivity index (χ3n) is 5.98. The molecule has 0 aromatic heterocycles. The molecule has 1 heteroatoms. The number of rotatable bonds is 1. The van der Waals surface area contributed by atoms with Gasteiger partial charge in [-0.05, 0) is 68.2 Å². The van der Waals surface area contributed by atoms with Gasteiger partial charge in [0.25, 0.3) is 0 Å². The van der Waals surface area contributed by atoms with Crippen LogP contribution >= 0.6 is 0 Å². The maximum absolute atomic E-state index is 8.18. The number of hydrogen-bond acceptors (Lipinski definition) is 1. The molecule has 1 heterocycles. The molecule has 3 atom stereocenters. The Kier molecular flexibility index (Phi) is 1.60. The molecule has 1 aromatic carbocycles. The van der Waals surface area contributed by atoms with Gasteiger partial charge in [0.15, 0.2) is 0 Å². The van der Waals surface area contributed by atoms with Crippen molar-refractivity contribution >= 4 is 0 Å². The number of piperidine rings is 1. The summed E-state index contributed by atoms with van der Waals surface area (Å²) in [5, 5.41) is 0. The van der Waals surface area contributed by atoms with Crippen molar-refractivity contribution < 1.29 is 11.0 Å². The van der Waals surface area contributed by atoms with Gasteiger partial charge in [0.05, 0.1) is 0 Å². The summed E-state index contributed by atoms with van der Waals surface area (Å²) in [4.78, 5) is 1.69. The van der Waals surface area contributed by atoms with Gasteiger partial charge < -0.3 is 4.90 Å². The fraction of sp³-hybridized carbons (Fsp3) is 0.684. The lowest BCUT2D eigenvalue weighted by Gasteiger charge is -2.58. The molecule has 0 unspecified atom stereocenters. The number of hydrogen-bond donors (Lipinski definition) is 0. The smallest absolute Gasteiger partial charge is 0.0394 e. The Morgan fingerprint density at radius 1 is 1.40 bits per heavy atom. The van der Waals surface area contributed by atoms with Gasteiger partial charge in [-0.1, -0.05) is 37.9 Å². The highest BCUT2D eigenvalue weighted by molar-refractivity contribution is 5.43. The lowest BCUT2D eigenvalue weighted by atomic mass is 9.52. The molecule has 1 aliphatic heterocycles. The molecule has 2 aliphatic carbocycles. The van der Waals surface area contributed by atoms with Crippen molar-refractivity contribution in [2.45, 2.75) is 63.2 Å². The molecule has 0 spiro atoms. The minimum Gasteiger partial charge on any atom is -0.303 e. The van der Waals surface area contributed by atoms with Crippen LogP contribution in [0.15, 0.2) is 18.2 Å². The van der Waals surface area contributed by atoms with E-state index in [4.69, 9.17) is 11.0 Å².